The summed E-state index contributed by atoms with van der Waals surface area (Å²) >= 11 is 2.65. The molecular weight excluding hydrogens is 399 g/mol. The minimum atomic E-state index is -0.607. The largest absolute Gasteiger partial charge is 0.324 e. The number of anilines is 1. The van der Waals surface area contributed by atoms with Gasteiger partial charge in [-0.15, -0.1) is 0 Å². The van der Waals surface area contributed by atoms with Crippen molar-refractivity contribution in [1.82, 2.24) is 9.88 Å². The first-order valence-corrected chi connectivity index (χ1v) is 10.1. The van der Waals surface area contributed by atoms with E-state index in [-0.39, 0.29) is 18.0 Å². The van der Waals surface area contributed by atoms with Crippen LogP contribution in [0, 0.1) is 5.82 Å². The number of para-hydroxylation sites is 2. The van der Waals surface area contributed by atoms with Crippen LogP contribution in [0.15, 0.2) is 53.5 Å². The molecule has 0 bridgehead atoms. The first-order chi connectivity index (χ1) is 13.5. The third-order valence-electron chi connectivity index (χ3n) is 4.13. The van der Waals surface area contributed by atoms with E-state index >= 15 is 0 Å². The lowest BCUT2D eigenvalue weighted by atomic mass is 10.2. The zero-order valence-corrected chi connectivity index (χ0v) is 16.4. The van der Waals surface area contributed by atoms with Crippen molar-refractivity contribution < 1.29 is 14.0 Å². The zero-order chi connectivity index (χ0) is 19.7. The number of amidine groups is 1. The number of amides is 2. The van der Waals surface area contributed by atoms with Crippen molar-refractivity contribution in [1.29, 1.82) is 0 Å². The third-order valence-corrected chi connectivity index (χ3v) is 6.29. The molecule has 28 heavy (non-hydrogen) atoms. The Kier molecular flexibility index (Phi) is 5.10. The summed E-state index contributed by atoms with van der Waals surface area (Å²) in [5, 5.41) is 2.95. The maximum atomic E-state index is 13.7. The normalized spacial score (nSPS) is 18.2. The van der Waals surface area contributed by atoms with Crippen molar-refractivity contribution >= 4 is 61.1 Å². The van der Waals surface area contributed by atoms with Gasteiger partial charge >= 0.3 is 0 Å². The molecule has 2 amide bonds. The van der Waals surface area contributed by atoms with Crippen LogP contribution < -0.4 is 5.32 Å². The summed E-state index contributed by atoms with van der Waals surface area (Å²) < 4.78 is 14.7. The van der Waals surface area contributed by atoms with Crippen LogP contribution >= 0.6 is 23.1 Å². The van der Waals surface area contributed by atoms with Crippen LogP contribution in [-0.2, 0) is 9.59 Å². The molecule has 1 fully saturated rings. The van der Waals surface area contributed by atoms with Crippen molar-refractivity contribution in [3.8, 4) is 0 Å². The highest BCUT2D eigenvalue weighted by Gasteiger charge is 2.37. The number of carbonyl (C=O) groups is 2. The van der Waals surface area contributed by atoms with Crippen LogP contribution in [0.5, 0.6) is 0 Å². The molecule has 1 unspecified atom stereocenters. The smallest absolute Gasteiger partial charge is 0.242 e. The summed E-state index contributed by atoms with van der Waals surface area (Å²) in [5.41, 5.74) is 0.948. The van der Waals surface area contributed by atoms with Gasteiger partial charge in [0.1, 0.15) is 11.1 Å². The summed E-state index contributed by atoms with van der Waals surface area (Å²) in [6.07, 6.45) is -0.0684. The van der Waals surface area contributed by atoms with Gasteiger partial charge in [-0.05, 0) is 24.3 Å². The molecule has 2 aromatic carbocycles. The van der Waals surface area contributed by atoms with Gasteiger partial charge in [-0.3, -0.25) is 14.5 Å². The van der Waals surface area contributed by atoms with Crippen molar-refractivity contribution in [2.75, 3.05) is 12.4 Å². The number of carbonyl (C=O) groups excluding carboxylic acids is 2. The van der Waals surface area contributed by atoms with Gasteiger partial charge in [-0.1, -0.05) is 47.4 Å². The van der Waals surface area contributed by atoms with Crippen LogP contribution in [0.3, 0.4) is 0 Å². The Labute approximate surface area is 168 Å². The molecule has 142 valence electrons. The Morgan fingerprint density at radius 2 is 2.00 bits per heavy atom. The van der Waals surface area contributed by atoms with Gasteiger partial charge in [0.25, 0.3) is 0 Å². The number of fused-ring (bicyclic) bond motifs is 1. The second-order valence-corrected chi connectivity index (χ2v) is 8.27. The maximum Gasteiger partial charge on any atom is 0.242 e. The number of aliphatic imine (C=N–C) groups is 1. The average molecular weight is 414 g/mol. The minimum Gasteiger partial charge on any atom is -0.324 e. The summed E-state index contributed by atoms with van der Waals surface area (Å²) in [6.45, 7) is 0. The number of aromatic nitrogens is 1. The van der Waals surface area contributed by atoms with E-state index in [1.165, 1.54) is 40.1 Å². The number of halogens is 1. The van der Waals surface area contributed by atoms with Gasteiger partial charge in [0, 0.05) is 13.5 Å². The number of hydrogen-bond donors (Lipinski definition) is 1. The molecule has 0 spiro atoms. The molecule has 0 saturated carbocycles. The van der Waals surface area contributed by atoms with Gasteiger partial charge in [-0.25, -0.2) is 9.37 Å². The van der Waals surface area contributed by atoms with Crippen LogP contribution in [-0.4, -0.2) is 39.2 Å². The molecule has 1 aromatic heterocycles. The summed E-state index contributed by atoms with van der Waals surface area (Å²) in [6, 6.07) is 13.6. The number of rotatable bonds is 4. The number of thiazole rings is 1. The number of benzene rings is 2. The fourth-order valence-electron chi connectivity index (χ4n) is 2.72. The topological polar surface area (TPSA) is 74.7 Å². The second kappa shape index (κ2) is 7.69. The average Bonchev–Trinajstić information content (AvgIpc) is 3.20. The highest BCUT2D eigenvalue weighted by atomic mass is 32.2. The standard InChI is InChI=1S/C19H15FN4O2S2/c1-24-17(26)15(10-16(25)21-12-7-3-2-6-11(12)20)28-19(24)23-18-22-13-8-4-5-9-14(13)27-18/h2-9,15H,10H2,1H3,(H,21,25). The number of nitrogens with zero attached hydrogens (tertiary/aromatic N) is 3. The Morgan fingerprint density at radius 3 is 2.79 bits per heavy atom. The molecule has 1 aliphatic rings. The monoisotopic (exact) mass is 414 g/mol. The molecule has 1 saturated heterocycles. The summed E-state index contributed by atoms with van der Waals surface area (Å²) in [7, 11) is 1.62. The minimum absolute atomic E-state index is 0.0684. The molecule has 1 atom stereocenters. The van der Waals surface area contributed by atoms with Crippen LogP contribution in [0.1, 0.15) is 6.42 Å². The Balaban J connectivity index is 1.47. The highest BCUT2D eigenvalue weighted by molar-refractivity contribution is 8.15. The lowest BCUT2D eigenvalue weighted by Crippen LogP contribution is -2.30. The predicted octanol–water partition coefficient (Wildman–Crippen LogP) is 4.03. The summed E-state index contributed by atoms with van der Waals surface area (Å²) in [5.74, 6) is -1.16. The number of nitrogens with one attached hydrogen (secondary N) is 1. The SMILES string of the molecule is CN1C(=O)C(CC(=O)Nc2ccccc2F)SC1=Nc1nc2ccccc2s1. The molecule has 6 nitrogen and oxygen atoms in total. The molecular formula is C19H15FN4O2S2. The summed E-state index contributed by atoms with van der Waals surface area (Å²) in [4.78, 5) is 35.1. The first kappa shape index (κ1) is 18.6. The van der Waals surface area contributed by atoms with Crippen LogP contribution in [0.2, 0.25) is 0 Å². The quantitative estimate of drug-likeness (QED) is 0.700. The number of hydrogen-bond acceptors (Lipinski definition) is 6. The Morgan fingerprint density at radius 1 is 1.25 bits per heavy atom. The fraction of sp³-hybridized carbons (Fsp3) is 0.158. The lowest BCUT2D eigenvalue weighted by Gasteiger charge is -2.09. The Bertz CT molecular complexity index is 1070. The lowest BCUT2D eigenvalue weighted by molar-refractivity contribution is -0.127. The van der Waals surface area contributed by atoms with Crippen LogP contribution in [0.25, 0.3) is 10.2 Å². The molecule has 2 heterocycles. The fourth-order valence-corrected chi connectivity index (χ4v) is 4.75. The van der Waals surface area contributed by atoms with Gasteiger partial charge in [0.05, 0.1) is 15.9 Å². The van der Waals surface area contributed by atoms with Crippen LogP contribution in [0.4, 0.5) is 15.2 Å². The molecule has 1 aliphatic heterocycles. The van der Waals surface area contributed by atoms with Crippen molar-refractivity contribution in [2.24, 2.45) is 4.99 Å². The molecule has 4 rings (SSSR count). The second-order valence-electron chi connectivity index (χ2n) is 6.09. The van der Waals surface area contributed by atoms with E-state index in [4.69, 9.17) is 0 Å². The van der Waals surface area contributed by atoms with E-state index in [0.717, 1.165) is 10.2 Å². The third kappa shape index (κ3) is 3.76. The van der Waals surface area contributed by atoms with E-state index < -0.39 is 17.0 Å². The maximum absolute atomic E-state index is 13.7. The predicted molar refractivity (Wildman–Crippen MR) is 111 cm³/mol. The van der Waals surface area contributed by atoms with Crippen molar-refractivity contribution in [3.63, 3.8) is 0 Å². The van der Waals surface area contributed by atoms with Gasteiger partial charge < -0.3 is 5.32 Å². The molecule has 1 N–H and O–H groups in total. The highest BCUT2D eigenvalue weighted by Crippen LogP contribution is 2.33. The van der Waals surface area contributed by atoms with E-state index in [0.29, 0.717) is 10.3 Å². The Hall–Kier alpha value is -2.78. The van der Waals surface area contributed by atoms with Gasteiger partial charge in [0.15, 0.2) is 5.17 Å². The van der Waals surface area contributed by atoms with E-state index in [1.54, 1.807) is 19.2 Å². The van der Waals surface area contributed by atoms with Crippen molar-refractivity contribution in [2.45, 2.75) is 11.7 Å². The van der Waals surface area contributed by atoms with E-state index in [1.807, 2.05) is 24.3 Å². The van der Waals surface area contributed by atoms with E-state index in [2.05, 4.69) is 15.3 Å². The number of thioether (sulfide) groups is 1. The van der Waals surface area contributed by atoms with Gasteiger partial charge in [-0.2, -0.15) is 4.99 Å². The molecule has 9 heteroatoms. The molecule has 3 aromatic rings. The van der Waals surface area contributed by atoms with E-state index in [9.17, 15) is 14.0 Å². The molecule has 0 aliphatic carbocycles. The first-order valence-electron chi connectivity index (χ1n) is 8.44. The van der Waals surface area contributed by atoms with Crippen molar-refractivity contribution in [3.05, 3.63) is 54.3 Å². The van der Waals surface area contributed by atoms with Gasteiger partial charge in [0.2, 0.25) is 16.9 Å². The molecule has 0 radical (unpaired) electrons. The zero-order valence-electron chi connectivity index (χ0n) is 14.8.